The third-order valence-corrected chi connectivity index (χ3v) is 5.20. The Labute approximate surface area is 188 Å². The number of guanidine groups is 1. The largest absolute Gasteiger partial charge is 0.356 e. The predicted octanol–water partition coefficient (Wildman–Crippen LogP) is 3.54. The van der Waals surface area contributed by atoms with Crippen molar-refractivity contribution in [2.24, 2.45) is 4.99 Å². The summed E-state index contributed by atoms with van der Waals surface area (Å²) in [5.74, 6) is 0.512. The van der Waals surface area contributed by atoms with E-state index >= 15 is 0 Å². The van der Waals surface area contributed by atoms with Crippen molar-refractivity contribution in [2.75, 3.05) is 27.7 Å². The molecule has 1 saturated carbocycles. The van der Waals surface area contributed by atoms with E-state index in [1.165, 1.54) is 12.1 Å². The van der Waals surface area contributed by atoms with Gasteiger partial charge in [-0.25, -0.2) is 4.39 Å². The summed E-state index contributed by atoms with van der Waals surface area (Å²) in [5, 5.41) is 6.69. The summed E-state index contributed by atoms with van der Waals surface area (Å²) in [4.78, 5) is 17.8. The molecule has 1 aliphatic rings. The Morgan fingerprint density at radius 3 is 2.21 bits per heavy atom. The highest BCUT2D eigenvalue weighted by Gasteiger charge is 2.44. The molecule has 7 heteroatoms. The third-order valence-electron chi connectivity index (χ3n) is 5.20. The zero-order valence-electron chi connectivity index (χ0n) is 17.0. The van der Waals surface area contributed by atoms with Gasteiger partial charge in [0.25, 0.3) is 5.91 Å². The van der Waals surface area contributed by atoms with Crippen molar-refractivity contribution in [3.05, 3.63) is 71.0 Å². The van der Waals surface area contributed by atoms with E-state index < -0.39 is 0 Å². The maximum Gasteiger partial charge on any atom is 0.253 e. The van der Waals surface area contributed by atoms with Crippen molar-refractivity contribution in [3.8, 4) is 0 Å². The summed E-state index contributed by atoms with van der Waals surface area (Å²) in [7, 11) is 5.23. The minimum Gasteiger partial charge on any atom is -0.356 e. The summed E-state index contributed by atoms with van der Waals surface area (Å²) in [6, 6.07) is 14.3. The molecule has 0 saturated heterocycles. The smallest absolute Gasteiger partial charge is 0.253 e. The van der Waals surface area contributed by atoms with Gasteiger partial charge in [0, 0.05) is 45.2 Å². The van der Waals surface area contributed by atoms with Crippen LogP contribution >= 0.6 is 24.0 Å². The number of carbonyl (C=O) groups excluding carboxylic acids is 1. The van der Waals surface area contributed by atoms with E-state index in [-0.39, 0.29) is 41.1 Å². The molecular weight excluding hydrogens is 482 g/mol. The Hall–Kier alpha value is -2.16. The molecule has 0 spiro atoms. The highest BCUT2D eigenvalue weighted by atomic mass is 127. The summed E-state index contributed by atoms with van der Waals surface area (Å²) < 4.78 is 13.2. The standard InChI is InChI=1S/C22H27FN4O.HI/c1-24-21(25-14-16-4-6-17(7-5-16)20(28)27(2)3)26-15-22(12-13-22)18-8-10-19(23)11-9-18;/h4-11H,12-15H2,1-3H3,(H2,24,25,26);1H. The van der Waals surface area contributed by atoms with Crippen LogP contribution in [-0.2, 0) is 12.0 Å². The molecule has 156 valence electrons. The lowest BCUT2D eigenvalue weighted by molar-refractivity contribution is 0.0827. The first-order valence-electron chi connectivity index (χ1n) is 9.45. The lowest BCUT2D eigenvalue weighted by Gasteiger charge is -2.19. The summed E-state index contributed by atoms with van der Waals surface area (Å²) in [5.41, 5.74) is 2.97. The SMILES string of the molecule is CN=C(NCc1ccc(C(=O)N(C)C)cc1)NCC1(c2ccc(F)cc2)CC1.I. The van der Waals surface area contributed by atoms with Gasteiger partial charge in [0.05, 0.1) is 0 Å². The second-order valence-corrected chi connectivity index (χ2v) is 7.46. The molecule has 0 bridgehead atoms. The van der Waals surface area contributed by atoms with E-state index in [4.69, 9.17) is 0 Å². The van der Waals surface area contributed by atoms with Gasteiger partial charge in [0.15, 0.2) is 5.96 Å². The number of amides is 1. The lowest BCUT2D eigenvalue weighted by atomic mass is 9.96. The predicted molar refractivity (Wildman–Crippen MR) is 125 cm³/mol. The molecule has 0 radical (unpaired) electrons. The maximum atomic E-state index is 13.2. The van der Waals surface area contributed by atoms with Crippen molar-refractivity contribution in [3.63, 3.8) is 0 Å². The topological polar surface area (TPSA) is 56.7 Å². The highest BCUT2D eigenvalue weighted by Crippen LogP contribution is 2.47. The first kappa shape index (κ1) is 23.1. The molecule has 5 nitrogen and oxygen atoms in total. The minimum absolute atomic E-state index is 0. The molecule has 1 amide bonds. The first-order valence-corrected chi connectivity index (χ1v) is 9.45. The molecule has 1 aliphatic carbocycles. The number of hydrogen-bond donors (Lipinski definition) is 2. The van der Waals surface area contributed by atoms with Crippen molar-refractivity contribution < 1.29 is 9.18 Å². The Morgan fingerprint density at radius 1 is 1.07 bits per heavy atom. The fourth-order valence-corrected chi connectivity index (χ4v) is 3.20. The molecule has 0 heterocycles. The van der Waals surface area contributed by atoms with Gasteiger partial charge >= 0.3 is 0 Å². The number of aliphatic imine (C=N–C) groups is 1. The van der Waals surface area contributed by atoms with Gasteiger partial charge in [0.1, 0.15) is 5.82 Å². The van der Waals surface area contributed by atoms with Crippen molar-refractivity contribution >= 4 is 35.8 Å². The Bertz CT molecular complexity index is 846. The van der Waals surface area contributed by atoms with Crippen LogP contribution in [0.2, 0.25) is 0 Å². The van der Waals surface area contributed by atoms with Crippen molar-refractivity contribution in [1.82, 2.24) is 15.5 Å². The molecule has 29 heavy (non-hydrogen) atoms. The van der Waals surface area contributed by atoms with Gasteiger partial charge in [-0.2, -0.15) is 0 Å². The van der Waals surface area contributed by atoms with E-state index in [9.17, 15) is 9.18 Å². The van der Waals surface area contributed by atoms with E-state index in [1.54, 1.807) is 26.0 Å². The van der Waals surface area contributed by atoms with Gasteiger partial charge in [-0.15, -0.1) is 24.0 Å². The van der Waals surface area contributed by atoms with Gasteiger partial charge in [-0.05, 0) is 48.2 Å². The molecule has 0 unspecified atom stereocenters. The minimum atomic E-state index is -0.205. The number of nitrogens with one attached hydrogen (secondary N) is 2. The average Bonchev–Trinajstić information content (AvgIpc) is 3.49. The van der Waals surface area contributed by atoms with E-state index in [1.807, 2.05) is 36.4 Å². The second-order valence-electron chi connectivity index (χ2n) is 7.46. The van der Waals surface area contributed by atoms with Crippen molar-refractivity contribution in [2.45, 2.75) is 24.8 Å². The average molecular weight is 510 g/mol. The van der Waals surface area contributed by atoms with Crippen molar-refractivity contribution in [1.29, 1.82) is 0 Å². The molecule has 2 aromatic rings. The summed E-state index contributed by atoms with van der Waals surface area (Å²) in [6.07, 6.45) is 2.17. The van der Waals surface area contributed by atoms with E-state index in [2.05, 4.69) is 15.6 Å². The van der Waals surface area contributed by atoms with Crippen LogP contribution < -0.4 is 10.6 Å². The van der Waals surface area contributed by atoms with Crippen LogP contribution in [0.5, 0.6) is 0 Å². The lowest BCUT2D eigenvalue weighted by Crippen LogP contribution is -2.40. The van der Waals surface area contributed by atoms with Crippen LogP contribution in [0.1, 0.15) is 34.3 Å². The Kier molecular flexibility index (Phi) is 8.01. The molecule has 0 aromatic heterocycles. The normalized spacial score (nSPS) is 14.6. The number of carbonyl (C=O) groups is 1. The molecule has 0 aliphatic heterocycles. The highest BCUT2D eigenvalue weighted by molar-refractivity contribution is 14.0. The maximum absolute atomic E-state index is 13.2. The van der Waals surface area contributed by atoms with E-state index in [0.29, 0.717) is 12.1 Å². The Balaban J connectivity index is 0.00000300. The van der Waals surface area contributed by atoms with Gasteiger partial charge < -0.3 is 15.5 Å². The monoisotopic (exact) mass is 510 g/mol. The summed E-state index contributed by atoms with van der Waals surface area (Å²) in [6.45, 7) is 1.37. The molecule has 0 atom stereocenters. The van der Waals surface area contributed by atoms with Crippen LogP contribution in [0.4, 0.5) is 4.39 Å². The fourth-order valence-electron chi connectivity index (χ4n) is 3.20. The van der Waals surface area contributed by atoms with Crippen LogP contribution in [0, 0.1) is 5.82 Å². The number of nitrogens with zero attached hydrogens (tertiary/aromatic N) is 2. The van der Waals surface area contributed by atoms with Crippen LogP contribution in [0.3, 0.4) is 0 Å². The molecule has 2 aromatic carbocycles. The van der Waals surface area contributed by atoms with Crippen LogP contribution in [-0.4, -0.2) is 44.5 Å². The van der Waals surface area contributed by atoms with Crippen LogP contribution in [0.15, 0.2) is 53.5 Å². The summed E-state index contributed by atoms with van der Waals surface area (Å²) >= 11 is 0. The number of hydrogen-bond acceptors (Lipinski definition) is 2. The van der Waals surface area contributed by atoms with Crippen LogP contribution in [0.25, 0.3) is 0 Å². The molecule has 3 rings (SSSR count). The number of benzene rings is 2. The third kappa shape index (κ3) is 5.91. The second kappa shape index (κ2) is 10.0. The number of halogens is 2. The van der Waals surface area contributed by atoms with Gasteiger partial charge in [0.2, 0.25) is 0 Å². The molecule has 1 fully saturated rings. The first-order chi connectivity index (χ1) is 13.4. The van der Waals surface area contributed by atoms with E-state index in [0.717, 1.165) is 36.5 Å². The van der Waals surface area contributed by atoms with Gasteiger partial charge in [-0.3, -0.25) is 9.79 Å². The molecule has 2 N–H and O–H groups in total. The fraction of sp³-hybridized carbons (Fsp3) is 0.364. The zero-order chi connectivity index (χ0) is 20.1. The Morgan fingerprint density at radius 2 is 1.69 bits per heavy atom. The molecular formula is C22H28FIN4O. The number of rotatable bonds is 6. The quantitative estimate of drug-likeness (QED) is 0.355. The van der Waals surface area contributed by atoms with Gasteiger partial charge in [-0.1, -0.05) is 24.3 Å². The zero-order valence-corrected chi connectivity index (χ0v) is 19.4.